The van der Waals surface area contributed by atoms with Gasteiger partial charge < -0.3 is 10.2 Å². The summed E-state index contributed by atoms with van der Waals surface area (Å²) >= 11 is 0. The molecule has 1 aliphatic rings. The van der Waals surface area contributed by atoms with E-state index in [1.807, 2.05) is 13.1 Å². The first kappa shape index (κ1) is 10.4. The second kappa shape index (κ2) is 4.14. The van der Waals surface area contributed by atoms with Gasteiger partial charge in [-0.1, -0.05) is 0 Å². The van der Waals surface area contributed by atoms with Crippen LogP contribution in [0.25, 0.3) is 0 Å². The van der Waals surface area contributed by atoms with E-state index >= 15 is 0 Å². The molecule has 0 bridgehead atoms. The zero-order valence-corrected chi connectivity index (χ0v) is 9.13. The molecule has 1 aliphatic heterocycles. The summed E-state index contributed by atoms with van der Waals surface area (Å²) in [4.78, 5) is 5.99. The lowest BCUT2D eigenvalue weighted by Crippen LogP contribution is -2.39. The van der Waals surface area contributed by atoms with E-state index in [1.165, 1.54) is 6.42 Å². The summed E-state index contributed by atoms with van der Waals surface area (Å²) in [7, 11) is 1.95. The SMILES string of the molecule is CNC1CCCN1c1cnc(F)c(C)c1. The second-order valence-electron chi connectivity index (χ2n) is 3.94. The molecule has 2 heterocycles. The number of hydrogen-bond acceptors (Lipinski definition) is 3. The van der Waals surface area contributed by atoms with Crippen LogP contribution < -0.4 is 10.2 Å². The second-order valence-corrected chi connectivity index (χ2v) is 3.94. The smallest absolute Gasteiger partial charge is 0.215 e. The average Bonchev–Trinajstić information content (AvgIpc) is 2.70. The zero-order valence-electron chi connectivity index (χ0n) is 9.13. The molecule has 1 unspecified atom stereocenters. The Kier molecular flexibility index (Phi) is 2.86. The minimum absolute atomic E-state index is 0.358. The third-order valence-electron chi connectivity index (χ3n) is 2.92. The number of rotatable bonds is 2. The summed E-state index contributed by atoms with van der Waals surface area (Å²) in [6.45, 7) is 2.76. The highest BCUT2D eigenvalue weighted by Gasteiger charge is 2.23. The van der Waals surface area contributed by atoms with Crippen LogP contribution in [0.3, 0.4) is 0 Å². The summed E-state index contributed by atoms with van der Waals surface area (Å²) < 4.78 is 13.0. The van der Waals surface area contributed by atoms with Gasteiger partial charge in [0.2, 0.25) is 5.95 Å². The van der Waals surface area contributed by atoms with E-state index in [4.69, 9.17) is 0 Å². The molecule has 0 saturated carbocycles. The van der Waals surface area contributed by atoms with Gasteiger partial charge in [0.15, 0.2) is 0 Å². The number of halogens is 1. The molecule has 0 aliphatic carbocycles. The molecule has 0 aromatic carbocycles. The van der Waals surface area contributed by atoms with Crippen LogP contribution in [0.2, 0.25) is 0 Å². The summed E-state index contributed by atoms with van der Waals surface area (Å²) in [6, 6.07) is 1.86. The minimum atomic E-state index is -0.376. The molecule has 1 N–H and O–H groups in total. The van der Waals surface area contributed by atoms with E-state index in [0.29, 0.717) is 11.7 Å². The maximum atomic E-state index is 13.0. The molecule has 2 rings (SSSR count). The molecule has 4 heteroatoms. The van der Waals surface area contributed by atoms with Crippen molar-refractivity contribution in [3.05, 3.63) is 23.8 Å². The Morgan fingerprint density at radius 1 is 1.60 bits per heavy atom. The number of nitrogens with zero attached hydrogens (tertiary/aromatic N) is 2. The lowest BCUT2D eigenvalue weighted by Gasteiger charge is -2.26. The Hall–Kier alpha value is -1.16. The van der Waals surface area contributed by atoms with Gasteiger partial charge in [0, 0.05) is 12.1 Å². The van der Waals surface area contributed by atoms with Crippen LogP contribution in [-0.4, -0.2) is 24.7 Å². The van der Waals surface area contributed by atoms with Crippen molar-refractivity contribution in [2.45, 2.75) is 25.9 Å². The van der Waals surface area contributed by atoms with E-state index in [0.717, 1.165) is 18.7 Å². The van der Waals surface area contributed by atoms with Crippen LogP contribution in [0.15, 0.2) is 12.3 Å². The molecular weight excluding hydrogens is 193 g/mol. The fourth-order valence-corrected chi connectivity index (χ4v) is 2.08. The van der Waals surface area contributed by atoms with Crippen LogP contribution >= 0.6 is 0 Å². The van der Waals surface area contributed by atoms with Crippen molar-refractivity contribution in [1.29, 1.82) is 0 Å². The largest absolute Gasteiger partial charge is 0.355 e. The standard InChI is InChI=1S/C11H16FN3/c1-8-6-9(7-14-11(8)12)15-5-3-4-10(15)13-2/h6-7,10,13H,3-5H2,1-2H3. The van der Waals surface area contributed by atoms with Gasteiger partial charge in [-0.2, -0.15) is 4.39 Å². The molecule has 1 fully saturated rings. The number of anilines is 1. The maximum Gasteiger partial charge on any atom is 0.215 e. The van der Waals surface area contributed by atoms with Crippen molar-refractivity contribution in [3.63, 3.8) is 0 Å². The lowest BCUT2D eigenvalue weighted by molar-refractivity contribution is 0.565. The van der Waals surface area contributed by atoms with E-state index < -0.39 is 0 Å². The Bertz CT molecular complexity index is 354. The first-order chi connectivity index (χ1) is 7.22. The summed E-state index contributed by atoms with van der Waals surface area (Å²) in [5.41, 5.74) is 1.61. The normalized spacial score (nSPS) is 21.0. The minimum Gasteiger partial charge on any atom is -0.355 e. The molecular formula is C11H16FN3. The van der Waals surface area contributed by atoms with E-state index in [1.54, 1.807) is 13.1 Å². The molecule has 0 spiro atoms. The highest BCUT2D eigenvalue weighted by Crippen LogP contribution is 2.24. The van der Waals surface area contributed by atoms with Crippen LogP contribution in [0, 0.1) is 12.9 Å². The van der Waals surface area contributed by atoms with Crippen molar-refractivity contribution in [3.8, 4) is 0 Å². The zero-order chi connectivity index (χ0) is 10.8. The van der Waals surface area contributed by atoms with Gasteiger partial charge in [-0.15, -0.1) is 0 Å². The Balaban J connectivity index is 2.25. The molecule has 82 valence electrons. The maximum absolute atomic E-state index is 13.0. The van der Waals surface area contributed by atoms with Crippen LogP contribution in [0.4, 0.5) is 10.1 Å². The van der Waals surface area contributed by atoms with Gasteiger partial charge >= 0.3 is 0 Å². The number of aryl methyl sites for hydroxylation is 1. The van der Waals surface area contributed by atoms with Crippen molar-refractivity contribution in [1.82, 2.24) is 10.3 Å². The average molecular weight is 209 g/mol. The van der Waals surface area contributed by atoms with Gasteiger partial charge in [-0.25, -0.2) is 4.98 Å². The van der Waals surface area contributed by atoms with Crippen LogP contribution in [-0.2, 0) is 0 Å². The van der Waals surface area contributed by atoms with Gasteiger partial charge in [-0.05, 0) is 32.9 Å². The first-order valence-electron chi connectivity index (χ1n) is 5.28. The monoisotopic (exact) mass is 209 g/mol. The molecule has 15 heavy (non-hydrogen) atoms. The topological polar surface area (TPSA) is 28.2 Å². The Labute approximate surface area is 89.3 Å². The Morgan fingerprint density at radius 2 is 2.40 bits per heavy atom. The highest BCUT2D eigenvalue weighted by atomic mass is 19.1. The van der Waals surface area contributed by atoms with Crippen LogP contribution in [0.5, 0.6) is 0 Å². The summed E-state index contributed by atoms with van der Waals surface area (Å²) in [5, 5.41) is 3.25. The van der Waals surface area contributed by atoms with Crippen LogP contribution in [0.1, 0.15) is 18.4 Å². The molecule has 0 amide bonds. The number of aromatic nitrogens is 1. The highest BCUT2D eigenvalue weighted by molar-refractivity contribution is 5.47. The number of pyridine rings is 1. The van der Waals surface area contributed by atoms with E-state index in [2.05, 4.69) is 15.2 Å². The van der Waals surface area contributed by atoms with E-state index in [9.17, 15) is 4.39 Å². The number of nitrogens with one attached hydrogen (secondary N) is 1. The molecule has 1 atom stereocenters. The van der Waals surface area contributed by atoms with Gasteiger partial charge in [0.1, 0.15) is 0 Å². The predicted molar refractivity (Wildman–Crippen MR) is 58.4 cm³/mol. The van der Waals surface area contributed by atoms with Crippen molar-refractivity contribution in [2.75, 3.05) is 18.5 Å². The number of hydrogen-bond donors (Lipinski definition) is 1. The Morgan fingerprint density at radius 3 is 3.07 bits per heavy atom. The van der Waals surface area contributed by atoms with Gasteiger partial charge in [-0.3, -0.25) is 0 Å². The first-order valence-corrected chi connectivity index (χ1v) is 5.28. The fraction of sp³-hybridized carbons (Fsp3) is 0.545. The molecule has 1 saturated heterocycles. The predicted octanol–water partition coefficient (Wildman–Crippen LogP) is 1.67. The fourth-order valence-electron chi connectivity index (χ4n) is 2.08. The van der Waals surface area contributed by atoms with Gasteiger partial charge in [0.25, 0.3) is 0 Å². The molecule has 1 aromatic heterocycles. The van der Waals surface area contributed by atoms with E-state index in [-0.39, 0.29) is 5.95 Å². The quantitative estimate of drug-likeness (QED) is 0.751. The van der Waals surface area contributed by atoms with Crippen molar-refractivity contribution >= 4 is 5.69 Å². The van der Waals surface area contributed by atoms with Gasteiger partial charge in [0.05, 0.1) is 18.1 Å². The third-order valence-corrected chi connectivity index (χ3v) is 2.92. The summed E-state index contributed by atoms with van der Waals surface area (Å²) in [6.07, 6.45) is 4.27. The summed E-state index contributed by atoms with van der Waals surface area (Å²) in [5.74, 6) is -0.376. The van der Waals surface area contributed by atoms with Crippen molar-refractivity contribution < 1.29 is 4.39 Å². The van der Waals surface area contributed by atoms with Crippen molar-refractivity contribution in [2.24, 2.45) is 0 Å². The lowest BCUT2D eigenvalue weighted by atomic mass is 10.2. The molecule has 0 radical (unpaired) electrons. The third kappa shape index (κ3) is 1.95. The molecule has 3 nitrogen and oxygen atoms in total. The molecule has 1 aromatic rings.